The summed E-state index contributed by atoms with van der Waals surface area (Å²) in [6.07, 6.45) is 0.692. The van der Waals surface area contributed by atoms with E-state index in [9.17, 15) is 14.4 Å². The van der Waals surface area contributed by atoms with Gasteiger partial charge in [0, 0.05) is 23.0 Å². The standard InChI is InChI=1S/C23H21N5O3/c1-3-12-28-23(31)17-10-5-4-9-16(17)20(27-28)22(30)26-25-21(29)18-13-14(2)24-19-11-7-6-8-15(18)19/h4-11,13H,3,12H2,1-2H3,(H,25,29)(H,26,30). The van der Waals surface area contributed by atoms with E-state index in [0.717, 1.165) is 0 Å². The predicted molar refractivity (Wildman–Crippen MR) is 118 cm³/mol. The van der Waals surface area contributed by atoms with E-state index >= 15 is 0 Å². The van der Waals surface area contributed by atoms with Crippen LogP contribution in [-0.4, -0.2) is 26.6 Å². The number of amides is 2. The lowest BCUT2D eigenvalue weighted by atomic mass is 10.1. The summed E-state index contributed by atoms with van der Waals surface area (Å²) in [7, 11) is 0. The van der Waals surface area contributed by atoms with Gasteiger partial charge in [-0.15, -0.1) is 0 Å². The molecule has 2 heterocycles. The Labute approximate surface area is 177 Å². The summed E-state index contributed by atoms with van der Waals surface area (Å²) in [5.74, 6) is -1.08. The largest absolute Gasteiger partial charge is 0.290 e. The Morgan fingerprint density at radius 2 is 1.58 bits per heavy atom. The highest BCUT2D eigenvalue weighted by Gasteiger charge is 2.18. The first-order chi connectivity index (χ1) is 15.0. The number of pyridine rings is 1. The molecule has 0 radical (unpaired) electrons. The van der Waals surface area contributed by atoms with Crippen molar-refractivity contribution in [3.8, 4) is 0 Å². The molecule has 2 aromatic carbocycles. The molecule has 0 aliphatic heterocycles. The van der Waals surface area contributed by atoms with Crippen molar-refractivity contribution < 1.29 is 9.59 Å². The van der Waals surface area contributed by atoms with E-state index in [0.29, 0.717) is 45.9 Å². The van der Waals surface area contributed by atoms with Crippen LogP contribution in [0.4, 0.5) is 0 Å². The number of hydrogen-bond donors (Lipinski definition) is 2. The minimum absolute atomic E-state index is 0.0692. The van der Waals surface area contributed by atoms with Gasteiger partial charge in [0.1, 0.15) is 0 Å². The zero-order valence-electron chi connectivity index (χ0n) is 17.2. The fourth-order valence-electron chi connectivity index (χ4n) is 3.50. The van der Waals surface area contributed by atoms with Gasteiger partial charge in [-0.05, 0) is 31.5 Å². The van der Waals surface area contributed by atoms with Gasteiger partial charge in [-0.25, -0.2) is 4.68 Å². The Kier molecular flexibility index (Phi) is 5.44. The summed E-state index contributed by atoms with van der Waals surface area (Å²) in [6, 6.07) is 15.7. The number of carbonyl (C=O) groups excluding carboxylic acids is 2. The molecule has 4 aromatic rings. The van der Waals surface area contributed by atoms with Crippen molar-refractivity contribution in [3.05, 3.63) is 81.9 Å². The molecule has 0 aliphatic rings. The number of rotatable bonds is 4. The third-order valence-electron chi connectivity index (χ3n) is 4.90. The van der Waals surface area contributed by atoms with Crippen LogP contribution in [0.3, 0.4) is 0 Å². The molecule has 2 N–H and O–H groups in total. The van der Waals surface area contributed by atoms with E-state index < -0.39 is 11.8 Å². The molecule has 31 heavy (non-hydrogen) atoms. The Morgan fingerprint density at radius 3 is 2.32 bits per heavy atom. The van der Waals surface area contributed by atoms with Crippen molar-refractivity contribution in [2.75, 3.05) is 0 Å². The molecule has 0 bridgehead atoms. The average molecular weight is 415 g/mol. The van der Waals surface area contributed by atoms with Crippen molar-refractivity contribution in [1.29, 1.82) is 0 Å². The molecule has 0 saturated heterocycles. The maximum Gasteiger partial charge on any atom is 0.290 e. The van der Waals surface area contributed by atoms with Gasteiger partial charge in [0.05, 0.1) is 16.5 Å². The number of para-hydroxylation sites is 1. The maximum absolute atomic E-state index is 12.9. The zero-order chi connectivity index (χ0) is 22.0. The average Bonchev–Trinajstić information content (AvgIpc) is 2.78. The lowest BCUT2D eigenvalue weighted by Crippen LogP contribution is -2.43. The molecule has 8 nitrogen and oxygen atoms in total. The predicted octanol–water partition coefficient (Wildman–Crippen LogP) is 2.74. The lowest BCUT2D eigenvalue weighted by molar-refractivity contribution is 0.0844. The molecule has 0 spiro atoms. The van der Waals surface area contributed by atoms with E-state index in [1.54, 1.807) is 43.3 Å². The number of hydrogen-bond acceptors (Lipinski definition) is 5. The number of fused-ring (bicyclic) bond motifs is 2. The summed E-state index contributed by atoms with van der Waals surface area (Å²) in [5.41, 5.74) is 6.48. The minimum atomic E-state index is -0.607. The molecule has 0 aliphatic carbocycles. The molecule has 156 valence electrons. The molecule has 0 atom stereocenters. The highest BCUT2D eigenvalue weighted by atomic mass is 16.2. The molecule has 4 rings (SSSR count). The van der Waals surface area contributed by atoms with Crippen molar-refractivity contribution in [1.82, 2.24) is 25.6 Å². The van der Waals surface area contributed by atoms with Crippen LogP contribution in [0.1, 0.15) is 39.9 Å². The SMILES string of the molecule is CCCn1nc(C(=O)NNC(=O)c2cc(C)nc3ccccc23)c2ccccc2c1=O. The van der Waals surface area contributed by atoms with Crippen LogP contribution in [0.25, 0.3) is 21.7 Å². The van der Waals surface area contributed by atoms with Gasteiger partial charge in [-0.2, -0.15) is 5.10 Å². The summed E-state index contributed by atoms with van der Waals surface area (Å²) in [5, 5.41) is 5.74. The zero-order valence-corrected chi connectivity index (χ0v) is 17.2. The van der Waals surface area contributed by atoms with Crippen LogP contribution in [0.2, 0.25) is 0 Å². The van der Waals surface area contributed by atoms with Crippen LogP contribution < -0.4 is 16.4 Å². The minimum Gasteiger partial charge on any atom is -0.267 e. The van der Waals surface area contributed by atoms with Crippen LogP contribution in [-0.2, 0) is 6.54 Å². The van der Waals surface area contributed by atoms with Gasteiger partial charge in [-0.3, -0.25) is 30.2 Å². The topological polar surface area (TPSA) is 106 Å². The fraction of sp³-hybridized carbons (Fsp3) is 0.174. The highest BCUT2D eigenvalue weighted by molar-refractivity contribution is 6.09. The van der Waals surface area contributed by atoms with Crippen molar-refractivity contribution in [2.45, 2.75) is 26.8 Å². The van der Waals surface area contributed by atoms with Gasteiger partial charge in [0.25, 0.3) is 17.4 Å². The Hall–Kier alpha value is -4.07. The maximum atomic E-state index is 12.9. The lowest BCUT2D eigenvalue weighted by Gasteiger charge is -2.12. The number of nitrogens with zero attached hydrogens (tertiary/aromatic N) is 3. The number of hydrazine groups is 1. The number of carbonyl (C=O) groups is 2. The highest BCUT2D eigenvalue weighted by Crippen LogP contribution is 2.18. The second-order valence-corrected chi connectivity index (χ2v) is 7.16. The van der Waals surface area contributed by atoms with E-state index in [1.807, 2.05) is 25.1 Å². The monoisotopic (exact) mass is 415 g/mol. The van der Waals surface area contributed by atoms with Gasteiger partial charge in [0.2, 0.25) is 0 Å². The number of aromatic nitrogens is 3. The van der Waals surface area contributed by atoms with Crippen molar-refractivity contribution >= 4 is 33.5 Å². The van der Waals surface area contributed by atoms with E-state index in [4.69, 9.17) is 0 Å². The molecular weight excluding hydrogens is 394 g/mol. The summed E-state index contributed by atoms with van der Waals surface area (Å²) in [6.45, 7) is 4.11. The van der Waals surface area contributed by atoms with Crippen LogP contribution in [0.5, 0.6) is 0 Å². The molecule has 0 fully saturated rings. The first kappa shape index (κ1) is 20.2. The smallest absolute Gasteiger partial charge is 0.267 e. The van der Waals surface area contributed by atoms with E-state index in [-0.39, 0.29) is 11.3 Å². The van der Waals surface area contributed by atoms with Gasteiger partial charge < -0.3 is 0 Å². The van der Waals surface area contributed by atoms with Crippen LogP contribution in [0.15, 0.2) is 59.4 Å². The molecule has 0 saturated carbocycles. The first-order valence-corrected chi connectivity index (χ1v) is 9.96. The number of aryl methyl sites for hydroxylation is 2. The molecule has 8 heteroatoms. The third kappa shape index (κ3) is 3.87. The Balaban J connectivity index is 1.64. The summed E-state index contributed by atoms with van der Waals surface area (Å²) < 4.78 is 1.28. The molecular formula is C23H21N5O3. The summed E-state index contributed by atoms with van der Waals surface area (Å²) in [4.78, 5) is 42.7. The second kappa shape index (κ2) is 8.35. The molecule has 0 unspecified atom stereocenters. The number of nitrogens with one attached hydrogen (secondary N) is 2. The first-order valence-electron chi connectivity index (χ1n) is 9.96. The Bertz CT molecular complexity index is 1380. The van der Waals surface area contributed by atoms with Gasteiger partial charge in [-0.1, -0.05) is 43.3 Å². The third-order valence-corrected chi connectivity index (χ3v) is 4.90. The molecule has 2 aromatic heterocycles. The van der Waals surface area contributed by atoms with E-state index in [1.165, 1.54) is 4.68 Å². The van der Waals surface area contributed by atoms with Crippen LogP contribution >= 0.6 is 0 Å². The van der Waals surface area contributed by atoms with Gasteiger partial charge >= 0.3 is 0 Å². The van der Waals surface area contributed by atoms with E-state index in [2.05, 4.69) is 20.9 Å². The van der Waals surface area contributed by atoms with Crippen LogP contribution in [0, 0.1) is 6.92 Å². The molecule has 2 amide bonds. The van der Waals surface area contributed by atoms with Crippen molar-refractivity contribution in [2.24, 2.45) is 0 Å². The van der Waals surface area contributed by atoms with Gasteiger partial charge in [0.15, 0.2) is 5.69 Å². The normalized spacial score (nSPS) is 10.9. The quantitative estimate of drug-likeness (QED) is 0.499. The fourth-order valence-corrected chi connectivity index (χ4v) is 3.50. The second-order valence-electron chi connectivity index (χ2n) is 7.16. The Morgan fingerprint density at radius 1 is 0.935 bits per heavy atom. The van der Waals surface area contributed by atoms with Crippen molar-refractivity contribution in [3.63, 3.8) is 0 Å². The number of benzene rings is 2. The summed E-state index contributed by atoms with van der Waals surface area (Å²) >= 11 is 0.